The van der Waals surface area contributed by atoms with Crippen LogP contribution in [-0.4, -0.2) is 14.7 Å². The van der Waals surface area contributed by atoms with Crippen molar-refractivity contribution in [3.63, 3.8) is 0 Å². The first-order valence-corrected chi connectivity index (χ1v) is 5.13. The third kappa shape index (κ3) is 11.7. The van der Waals surface area contributed by atoms with Gasteiger partial charge in [0.15, 0.2) is 0 Å². The van der Waals surface area contributed by atoms with E-state index in [-0.39, 0.29) is 0 Å². The van der Waals surface area contributed by atoms with Gasteiger partial charge in [-0.15, -0.1) is 0 Å². The molecule has 0 fully saturated rings. The molecule has 0 heterocycles. The van der Waals surface area contributed by atoms with Crippen molar-refractivity contribution in [2.24, 2.45) is 5.14 Å². The lowest BCUT2D eigenvalue weighted by atomic mass is 10.3. The summed E-state index contributed by atoms with van der Waals surface area (Å²) in [6.07, 6.45) is 0.938. The summed E-state index contributed by atoms with van der Waals surface area (Å²) in [4.78, 5) is 0. The van der Waals surface area contributed by atoms with Gasteiger partial charge in [-0.1, -0.05) is 18.2 Å². The van der Waals surface area contributed by atoms with E-state index in [1.165, 1.54) is 0 Å². The molecule has 12 heavy (non-hydrogen) atoms. The van der Waals surface area contributed by atoms with Crippen molar-refractivity contribution in [2.75, 3.05) is 12.0 Å². The lowest BCUT2D eigenvalue weighted by Gasteiger charge is -1.83. The molecule has 0 saturated carbocycles. The molecule has 4 N–H and O–H groups in total. The van der Waals surface area contributed by atoms with Crippen LogP contribution in [0.1, 0.15) is 0 Å². The molecule has 0 bridgehead atoms. The van der Waals surface area contributed by atoms with Gasteiger partial charge in [0.1, 0.15) is 0 Å². The van der Waals surface area contributed by atoms with Crippen molar-refractivity contribution < 1.29 is 8.42 Å². The molecule has 0 saturated heterocycles. The van der Waals surface area contributed by atoms with Crippen LogP contribution in [0.4, 0.5) is 5.69 Å². The molecule has 0 amide bonds. The van der Waals surface area contributed by atoms with Gasteiger partial charge in [-0.3, -0.25) is 0 Å². The second-order valence-electron chi connectivity index (χ2n) is 2.24. The van der Waals surface area contributed by atoms with E-state index in [0.29, 0.717) is 0 Å². The number of anilines is 1. The van der Waals surface area contributed by atoms with Crippen molar-refractivity contribution in [2.45, 2.75) is 0 Å². The van der Waals surface area contributed by atoms with Crippen molar-refractivity contribution in [1.82, 2.24) is 0 Å². The van der Waals surface area contributed by atoms with Crippen LogP contribution in [0.2, 0.25) is 0 Å². The Morgan fingerprint density at radius 1 is 1.17 bits per heavy atom. The van der Waals surface area contributed by atoms with E-state index >= 15 is 0 Å². The molecule has 0 atom stereocenters. The molecule has 0 aliphatic heterocycles. The average molecular weight is 188 g/mol. The molecule has 1 rings (SSSR count). The molecule has 4 nitrogen and oxygen atoms in total. The fourth-order valence-corrected chi connectivity index (χ4v) is 0.453. The van der Waals surface area contributed by atoms with Crippen molar-refractivity contribution in [1.29, 1.82) is 0 Å². The molecular formula is C7H12N2O2S. The molecule has 0 aliphatic carbocycles. The SMILES string of the molecule is CS(N)(=O)=O.Nc1ccccc1. The summed E-state index contributed by atoms with van der Waals surface area (Å²) >= 11 is 0. The molecule has 0 aromatic heterocycles. The van der Waals surface area contributed by atoms with E-state index in [1.807, 2.05) is 30.3 Å². The number of primary sulfonamides is 1. The fourth-order valence-electron chi connectivity index (χ4n) is 0.453. The first kappa shape index (κ1) is 10.9. The number of hydrogen-bond donors (Lipinski definition) is 2. The second kappa shape index (κ2) is 4.74. The number of sulfonamides is 1. The van der Waals surface area contributed by atoms with Crippen LogP contribution in [0.3, 0.4) is 0 Å². The molecule has 5 heteroatoms. The van der Waals surface area contributed by atoms with Crippen LogP contribution in [-0.2, 0) is 10.0 Å². The number of benzene rings is 1. The number of hydrogen-bond acceptors (Lipinski definition) is 3. The quantitative estimate of drug-likeness (QED) is 0.569. The number of rotatable bonds is 0. The van der Waals surface area contributed by atoms with Gasteiger partial charge in [-0.25, -0.2) is 13.6 Å². The monoisotopic (exact) mass is 188 g/mol. The minimum Gasteiger partial charge on any atom is -0.399 e. The Balaban J connectivity index is 0.000000217. The van der Waals surface area contributed by atoms with Crippen LogP contribution in [0.5, 0.6) is 0 Å². The van der Waals surface area contributed by atoms with Gasteiger partial charge >= 0.3 is 0 Å². The molecule has 0 radical (unpaired) electrons. The zero-order valence-corrected chi connectivity index (χ0v) is 7.58. The fraction of sp³-hybridized carbons (Fsp3) is 0.143. The van der Waals surface area contributed by atoms with E-state index in [0.717, 1.165) is 11.9 Å². The Labute approximate surface area is 72.2 Å². The maximum atomic E-state index is 9.41. The second-order valence-corrected chi connectivity index (χ2v) is 3.90. The first-order valence-electron chi connectivity index (χ1n) is 3.18. The Kier molecular flexibility index (Phi) is 4.31. The van der Waals surface area contributed by atoms with Crippen LogP contribution < -0.4 is 10.9 Å². The molecule has 68 valence electrons. The van der Waals surface area contributed by atoms with E-state index in [9.17, 15) is 8.42 Å². The van der Waals surface area contributed by atoms with Gasteiger partial charge in [-0.2, -0.15) is 0 Å². The summed E-state index contributed by atoms with van der Waals surface area (Å²) in [6, 6.07) is 9.49. The zero-order chi connectivity index (χ0) is 9.61. The highest BCUT2D eigenvalue weighted by molar-refractivity contribution is 7.88. The maximum absolute atomic E-state index is 9.41. The van der Waals surface area contributed by atoms with Gasteiger partial charge in [-0.05, 0) is 12.1 Å². The highest BCUT2D eigenvalue weighted by atomic mass is 32.2. The normalized spacial score (nSPS) is 9.83. The summed E-state index contributed by atoms with van der Waals surface area (Å²) in [5.74, 6) is 0. The number of nitrogens with two attached hydrogens (primary N) is 2. The van der Waals surface area contributed by atoms with Crippen LogP contribution in [0.25, 0.3) is 0 Å². The average Bonchev–Trinajstić information content (AvgIpc) is 1.85. The van der Waals surface area contributed by atoms with E-state index in [1.54, 1.807) is 0 Å². The predicted molar refractivity (Wildman–Crippen MR) is 49.9 cm³/mol. The summed E-state index contributed by atoms with van der Waals surface area (Å²) in [7, 11) is -3.17. The molecule has 1 aromatic rings. The van der Waals surface area contributed by atoms with Crippen molar-refractivity contribution in [3.05, 3.63) is 30.3 Å². The molecule has 1 aromatic carbocycles. The summed E-state index contributed by atoms with van der Waals surface area (Å²) in [6.45, 7) is 0. The van der Waals surface area contributed by atoms with Crippen molar-refractivity contribution >= 4 is 15.7 Å². The Bertz CT molecular complexity index is 299. The minimum absolute atomic E-state index is 0.822. The van der Waals surface area contributed by atoms with Gasteiger partial charge in [0.2, 0.25) is 10.0 Å². The number of para-hydroxylation sites is 1. The molecular weight excluding hydrogens is 176 g/mol. The van der Waals surface area contributed by atoms with Gasteiger partial charge < -0.3 is 5.73 Å². The van der Waals surface area contributed by atoms with Gasteiger partial charge in [0.05, 0.1) is 6.26 Å². The van der Waals surface area contributed by atoms with Gasteiger partial charge in [0, 0.05) is 5.69 Å². The lowest BCUT2D eigenvalue weighted by Crippen LogP contribution is -2.07. The van der Waals surface area contributed by atoms with Crippen molar-refractivity contribution in [3.8, 4) is 0 Å². The molecule has 0 aliphatic rings. The minimum atomic E-state index is -3.17. The highest BCUT2D eigenvalue weighted by Gasteiger charge is 1.78. The van der Waals surface area contributed by atoms with Crippen LogP contribution >= 0.6 is 0 Å². The smallest absolute Gasteiger partial charge is 0.206 e. The number of nitrogen functional groups attached to an aromatic ring is 1. The summed E-state index contributed by atoms with van der Waals surface area (Å²) in [5.41, 5.74) is 6.18. The Morgan fingerprint density at radius 3 is 1.67 bits per heavy atom. The topological polar surface area (TPSA) is 86.2 Å². The van der Waals surface area contributed by atoms with Gasteiger partial charge in [0.25, 0.3) is 0 Å². The maximum Gasteiger partial charge on any atom is 0.206 e. The van der Waals surface area contributed by atoms with Crippen LogP contribution in [0.15, 0.2) is 30.3 Å². The summed E-state index contributed by atoms with van der Waals surface area (Å²) in [5, 5.41) is 4.33. The lowest BCUT2D eigenvalue weighted by molar-refractivity contribution is 0.603. The Morgan fingerprint density at radius 2 is 1.50 bits per heavy atom. The highest BCUT2D eigenvalue weighted by Crippen LogP contribution is 1.95. The van der Waals surface area contributed by atoms with E-state index in [2.05, 4.69) is 5.14 Å². The largest absolute Gasteiger partial charge is 0.399 e. The predicted octanol–water partition coefficient (Wildman–Crippen LogP) is 0.174. The third-order valence-electron chi connectivity index (χ3n) is 0.800. The third-order valence-corrected chi connectivity index (χ3v) is 0.800. The van der Waals surface area contributed by atoms with Crippen LogP contribution in [0, 0.1) is 0 Å². The van der Waals surface area contributed by atoms with E-state index in [4.69, 9.17) is 5.73 Å². The molecule has 0 spiro atoms. The van der Waals surface area contributed by atoms with E-state index < -0.39 is 10.0 Å². The Hall–Kier alpha value is -1.07. The first-order chi connectivity index (χ1) is 5.39. The molecule has 0 unspecified atom stereocenters. The summed E-state index contributed by atoms with van der Waals surface area (Å²) < 4.78 is 18.8. The standard InChI is InChI=1S/C6H7N.CH5NO2S/c7-6-4-2-1-3-5-6;1-5(2,3)4/h1-5H,7H2;1H3,(H2,2,3,4). The zero-order valence-electron chi connectivity index (χ0n) is 6.77.